The van der Waals surface area contributed by atoms with Crippen molar-refractivity contribution >= 4 is 60.7 Å². The number of para-hydroxylation sites is 1. The molecule has 22 heavy (non-hydrogen) atoms. The molecular weight excluding hydrogens is 340 g/mol. The topological polar surface area (TPSA) is 85.1 Å². The summed E-state index contributed by atoms with van der Waals surface area (Å²) in [5.41, 5.74) is 0.893. The van der Waals surface area contributed by atoms with Gasteiger partial charge in [0.05, 0.1) is 16.0 Å². The molecule has 0 spiro atoms. The molecule has 3 aromatic heterocycles. The number of thioether (sulfide) groups is 1. The van der Waals surface area contributed by atoms with E-state index in [1.54, 1.807) is 4.52 Å². The van der Waals surface area contributed by atoms with Crippen LogP contribution in [0.25, 0.3) is 15.2 Å². The molecule has 110 valence electrons. The minimum atomic E-state index is -0.102. The van der Waals surface area contributed by atoms with Gasteiger partial charge >= 0.3 is 0 Å². The molecule has 7 nitrogen and oxygen atoms in total. The highest BCUT2D eigenvalue weighted by atomic mass is 32.2. The van der Waals surface area contributed by atoms with Gasteiger partial charge < -0.3 is 5.32 Å². The molecule has 0 radical (unpaired) electrons. The van der Waals surface area contributed by atoms with Gasteiger partial charge in [0.15, 0.2) is 9.47 Å². The molecule has 0 aliphatic carbocycles. The molecule has 3 heterocycles. The first kappa shape index (κ1) is 13.6. The molecule has 0 aliphatic heterocycles. The fraction of sp³-hybridized carbons (Fsp3) is 0.0833. The van der Waals surface area contributed by atoms with Gasteiger partial charge in [0.2, 0.25) is 10.9 Å². The van der Waals surface area contributed by atoms with Crippen LogP contribution in [-0.4, -0.2) is 36.5 Å². The Kier molecular flexibility index (Phi) is 3.48. The maximum atomic E-state index is 12.0. The standard InChI is InChI=1S/C12H8N6OS3/c19-9(5-20-12-17-18-6-13-16-11(18)22-12)15-10-14-7-3-1-2-4-8(7)21-10/h1-4,6H,5H2,(H,14,15,19). The Morgan fingerprint density at radius 3 is 3.09 bits per heavy atom. The number of benzene rings is 1. The van der Waals surface area contributed by atoms with Crippen molar-refractivity contribution in [2.75, 3.05) is 11.1 Å². The van der Waals surface area contributed by atoms with Gasteiger partial charge in [-0.1, -0.05) is 46.6 Å². The van der Waals surface area contributed by atoms with E-state index in [9.17, 15) is 4.79 Å². The second kappa shape index (κ2) is 5.63. The zero-order chi connectivity index (χ0) is 14.9. The first-order valence-electron chi connectivity index (χ1n) is 6.23. The van der Waals surface area contributed by atoms with Crippen LogP contribution in [0.15, 0.2) is 34.9 Å². The van der Waals surface area contributed by atoms with Crippen LogP contribution < -0.4 is 5.32 Å². The predicted molar refractivity (Wildman–Crippen MR) is 87.6 cm³/mol. The van der Waals surface area contributed by atoms with E-state index in [2.05, 4.69) is 25.6 Å². The van der Waals surface area contributed by atoms with Crippen LogP contribution in [0.2, 0.25) is 0 Å². The molecule has 0 unspecified atom stereocenters. The highest BCUT2D eigenvalue weighted by molar-refractivity contribution is 8.01. The van der Waals surface area contributed by atoms with E-state index >= 15 is 0 Å². The smallest absolute Gasteiger partial charge is 0.236 e. The minimum Gasteiger partial charge on any atom is -0.301 e. The van der Waals surface area contributed by atoms with E-state index in [0.717, 1.165) is 14.6 Å². The largest absolute Gasteiger partial charge is 0.301 e. The molecule has 0 saturated carbocycles. The summed E-state index contributed by atoms with van der Waals surface area (Å²) in [6.45, 7) is 0. The molecule has 1 N–H and O–H groups in total. The van der Waals surface area contributed by atoms with Crippen molar-refractivity contribution in [1.29, 1.82) is 0 Å². The van der Waals surface area contributed by atoms with Crippen molar-refractivity contribution in [2.45, 2.75) is 4.34 Å². The summed E-state index contributed by atoms with van der Waals surface area (Å²) in [5, 5.41) is 15.3. The third-order valence-electron chi connectivity index (χ3n) is 2.74. The number of thiazole rings is 1. The summed E-state index contributed by atoms with van der Waals surface area (Å²) >= 11 is 4.24. The highest BCUT2D eigenvalue weighted by Crippen LogP contribution is 2.26. The Labute approximate surface area is 136 Å². The molecule has 0 bridgehead atoms. The van der Waals surface area contributed by atoms with E-state index in [-0.39, 0.29) is 11.7 Å². The quantitative estimate of drug-likeness (QED) is 0.571. The normalized spacial score (nSPS) is 11.3. The number of nitrogens with one attached hydrogen (secondary N) is 1. The molecule has 1 aromatic carbocycles. The van der Waals surface area contributed by atoms with Crippen molar-refractivity contribution < 1.29 is 4.79 Å². The monoisotopic (exact) mass is 348 g/mol. The lowest BCUT2D eigenvalue weighted by Crippen LogP contribution is -2.13. The Morgan fingerprint density at radius 1 is 1.32 bits per heavy atom. The second-order valence-corrected chi connectivity index (χ2v) is 7.46. The van der Waals surface area contributed by atoms with Crippen molar-refractivity contribution in [3.63, 3.8) is 0 Å². The van der Waals surface area contributed by atoms with Gasteiger partial charge in [-0.3, -0.25) is 4.79 Å². The van der Waals surface area contributed by atoms with Gasteiger partial charge in [-0.25, -0.2) is 4.98 Å². The van der Waals surface area contributed by atoms with Gasteiger partial charge in [0.25, 0.3) is 0 Å². The Balaban J connectivity index is 1.40. The summed E-state index contributed by atoms with van der Waals surface area (Å²) < 4.78 is 3.43. The van der Waals surface area contributed by atoms with Crippen molar-refractivity contribution in [2.24, 2.45) is 0 Å². The Hall–Kier alpha value is -2.04. The highest BCUT2D eigenvalue weighted by Gasteiger charge is 2.11. The van der Waals surface area contributed by atoms with E-state index in [1.165, 1.54) is 40.8 Å². The summed E-state index contributed by atoms with van der Waals surface area (Å²) in [6.07, 6.45) is 1.54. The summed E-state index contributed by atoms with van der Waals surface area (Å²) in [5.74, 6) is 0.176. The number of aromatic nitrogens is 5. The number of nitrogens with zero attached hydrogens (tertiary/aromatic N) is 5. The number of amides is 1. The van der Waals surface area contributed by atoms with E-state index < -0.39 is 0 Å². The molecule has 1 amide bonds. The molecular formula is C12H8N6OS3. The van der Waals surface area contributed by atoms with Gasteiger partial charge in [0.1, 0.15) is 6.33 Å². The lowest BCUT2D eigenvalue weighted by molar-refractivity contribution is -0.113. The van der Waals surface area contributed by atoms with E-state index in [4.69, 9.17) is 0 Å². The summed E-state index contributed by atoms with van der Waals surface area (Å²) in [4.78, 5) is 17.1. The Bertz CT molecular complexity index is 896. The van der Waals surface area contributed by atoms with Crippen molar-refractivity contribution in [1.82, 2.24) is 24.8 Å². The summed E-state index contributed by atoms with van der Waals surface area (Å²) in [7, 11) is 0. The molecule has 0 fully saturated rings. The molecule has 4 aromatic rings. The lowest BCUT2D eigenvalue weighted by atomic mass is 10.3. The SMILES string of the molecule is O=C(CSc1nn2cnnc2s1)Nc1nc2ccccc2s1. The first-order valence-corrected chi connectivity index (χ1v) is 8.85. The van der Waals surface area contributed by atoms with E-state index in [0.29, 0.717) is 10.1 Å². The number of carbonyl (C=O) groups is 1. The maximum Gasteiger partial charge on any atom is 0.236 e. The fourth-order valence-corrected chi connectivity index (χ4v) is 4.35. The Morgan fingerprint density at radius 2 is 2.23 bits per heavy atom. The summed E-state index contributed by atoms with van der Waals surface area (Å²) in [6, 6.07) is 7.79. The zero-order valence-corrected chi connectivity index (χ0v) is 13.4. The van der Waals surface area contributed by atoms with Crippen LogP contribution in [0.5, 0.6) is 0 Å². The van der Waals surface area contributed by atoms with Crippen molar-refractivity contribution in [3.05, 3.63) is 30.6 Å². The lowest BCUT2D eigenvalue weighted by Gasteiger charge is -1.98. The number of rotatable bonds is 4. The van der Waals surface area contributed by atoms with Crippen LogP contribution in [0.3, 0.4) is 0 Å². The molecule has 0 saturated heterocycles. The van der Waals surface area contributed by atoms with Gasteiger partial charge in [-0.2, -0.15) is 4.52 Å². The number of hydrogen-bond donors (Lipinski definition) is 1. The van der Waals surface area contributed by atoms with Crippen LogP contribution in [0.4, 0.5) is 5.13 Å². The van der Waals surface area contributed by atoms with Gasteiger partial charge in [-0.15, -0.1) is 15.3 Å². The number of anilines is 1. The third-order valence-corrected chi connectivity index (χ3v) is 5.73. The van der Waals surface area contributed by atoms with Gasteiger partial charge in [-0.05, 0) is 12.1 Å². The van der Waals surface area contributed by atoms with Crippen LogP contribution in [0.1, 0.15) is 0 Å². The first-order chi connectivity index (χ1) is 10.8. The van der Waals surface area contributed by atoms with Crippen molar-refractivity contribution in [3.8, 4) is 0 Å². The number of hydrogen-bond acceptors (Lipinski definition) is 8. The third kappa shape index (κ3) is 2.67. The number of carbonyl (C=O) groups excluding carboxylic acids is 1. The average Bonchev–Trinajstić information content (AvgIpc) is 3.18. The minimum absolute atomic E-state index is 0.102. The van der Waals surface area contributed by atoms with Gasteiger partial charge in [0, 0.05) is 0 Å². The van der Waals surface area contributed by atoms with E-state index in [1.807, 2.05) is 24.3 Å². The molecule has 10 heteroatoms. The number of fused-ring (bicyclic) bond motifs is 2. The fourth-order valence-electron chi connectivity index (χ4n) is 1.81. The van der Waals surface area contributed by atoms with Crippen LogP contribution in [-0.2, 0) is 4.79 Å². The molecule has 0 aliphatic rings. The molecule has 0 atom stereocenters. The zero-order valence-electron chi connectivity index (χ0n) is 11.0. The average molecular weight is 348 g/mol. The second-order valence-electron chi connectivity index (χ2n) is 4.25. The van der Waals surface area contributed by atoms with Crippen LogP contribution in [0, 0.1) is 0 Å². The van der Waals surface area contributed by atoms with Crippen LogP contribution >= 0.6 is 34.4 Å². The molecule has 4 rings (SSSR count). The maximum absolute atomic E-state index is 12.0. The predicted octanol–water partition coefficient (Wildman–Crippen LogP) is 2.53.